The largest absolute Gasteiger partial charge is 0.465 e. The van der Waals surface area contributed by atoms with Crippen LogP contribution in [0.4, 0.5) is 5.00 Å². The lowest BCUT2D eigenvalue weighted by Gasteiger charge is -2.15. The maximum Gasteiger partial charge on any atom is 0.341 e. The Kier molecular flexibility index (Phi) is 6.17. The van der Waals surface area contributed by atoms with E-state index < -0.39 is 5.97 Å². The van der Waals surface area contributed by atoms with E-state index in [1.54, 1.807) is 21.0 Å². The van der Waals surface area contributed by atoms with Crippen LogP contribution in [-0.4, -0.2) is 49.1 Å². The fourth-order valence-corrected chi connectivity index (χ4v) is 4.31. The van der Waals surface area contributed by atoms with Gasteiger partial charge in [0.25, 0.3) is 5.91 Å². The molecule has 24 heavy (non-hydrogen) atoms. The van der Waals surface area contributed by atoms with Crippen molar-refractivity contribution in [2.24, 2.45) is 0 Å². The molecule has 1 aromatic heterocycles. The molecule has 1 amide bonds. The molecule has 1 aliphatic rings. The minimum atomic E-state index is -0.479. The molecule has 6 nitrogen and oxygen atoms in total. The number of hydrogen-bond acceptors (Lipinski definition) is 5. The summed E-state index contributed by atoms with van der Waals surface area (Å²) in [4.78, 5) is 26.4. The first-order chi connectivity index (χ1) is 11.3. The van der Waals surface area contributed by atoms with E-state index in [0.717, 1.165) is 12.8 Å². The zero-order chi connectivity index (χ0) is 17.9. The second-order valence-corrected chi connectivity index (χ2v) is 7.46. The van der Waals surface area contributed by atoms with E-state index >= 15 is 0 Å². The Bertz CT molecular complexity index is 649. The van der Waals surface area contributed by atoms with Gasteiger partial charge in [-0.25, -0.2) is 4.79 Å². The number of thiocarbonyl (C=S) groups is 1. The minimum Gasteiger partial charge on any atom is -0.465 e. The number of methoxy groups -OCH3 is 1. The first kappa shape index (κ1) is 18.7. The van der Waals surface area contributed by atoms with Gasteiger partial charge in [-0.1, -0.05) is 12.8 Å². The van der Waals surface area contributed by atoms with Crippen LogP contribution in [0.1, 0.15) is 51.3 Å². The van der Waals surface area contributed by atoms with E-state index in [4.69, 9.17) is 17.0 Å². The van der Waals surface area contributed by atoms with Crippen molar-refractivity contribution >= 4 is 45.5 Å². The van der Waals surface area contributed by atoms with Gasteiger partial charge in [0.15, 0.2) is 5.11 Å². The zero-order valence-electron chi connectivity index (χ0n) is 14.4. The summed E-state index contributed by atoms with van der Waals surface area (Å²) in [6, 6.07) is 0.371. The molecule has 1 fully saturated rings. The third-order valence-corrected chi connectivity index (χ3v) is 5.47. The van der Waals surface area contributed by atoms with Crippen molar-refractivity contribution in [1.82, 2.24) is 10.2 Å². The molecule has 0 saturated heterocycles. The minimum absolute atomic E-state index is 0.148. The summed E-state index contributed by atoms with van der Waals surface area (Å²) in [5.41, 5.74) is 0.972. The number of amides is 1. The number of nitrogens with one attached hydrogen (secondary N) is 2. The molecule has 0 spiro atoms. The molecule has 2 N–H and O–H groups in total. The number of carbonyl (C=O) groups is 2. The van der Waals surface area contributed by atoms with Gasteiger partial charge in [-0.05, 0) is 37.5 Å². The summed E-state index contributed by atoms with van der Waals surface area (Å²) >= 11 is 6.58. The molecule has 0 radical (unpaired) electrons. The fraction of sp³-hybridized carbons (Fsp3) is 0.562. The lowest BCUT2D eigenvalue weighted by molar-refractivity contribution is 0.0601. The monoisotopic (exact) mass is 369 g/mol. The Balaban J connectivity index is 2.26. The highest BCUT2D eigenvalue weighted by atomic mass is 32.1. The van der Waals surface area contributed by atoms with E-state index in [9.17, 15) is 9.59 Å². The SMILES string of the molecule is COC(=O)c1c(NC(=S)NC2CCCC2)sc(C(=O)N(C)C)c1C. The Hall–Kier alpha value is -1.67. The molecule has 2 rings (SSSR count). The van der Waals surface area contributed by atoms with Gasteiger partial charge in [0.2, 0.25) is 0 Å². The van der Waals surface area contributed by atoms with Crippen LogP contribution < -0.4 is 10.6 Å². The number of nitrogens with zero attached hydrogens (tertiary/aromatic N) is 1. The van der Waals surface area contributed by atoms with Gasteiger partial charge in [0.05, 0.1) is 17.6 Å². The maximum absolute atomic E-state index is 12.3. The second-order valence-electron chi connectivity index (χ2n) is 6.03. The number of esters is 1. The maximum atomic E-state index is 12.3. The van der Waals surface area contributed by atoms with Crippen LogP contribution in [0.5, 0.6) is 0 Å². The molecule has 8 heteroatoms. The molecule has 1 aliphatic carbocycles. The summed E-state index contributed by atoms with van der Waals surface area (Å²) in [5, 5.41) is 7.36. The average molecular weight is 370 g/mol. The quantitative estimate of drug-likeness (QED) is 0.628. The van der Waals surface area contributed by atoms with Crippen LogP contribution in [0.3, 0.4) is 0 Å². The third kappa shape index (κ3) is 4.05. The van der Waals surface area contributed by atoms with Crippen LogP contribution in [0, 0.1) is 6.92 Å². The molecule has 0 atom stereocenters. The third-order valence-electron chi connectivity index (χ3n) is 4.05. The van der Waals surface area contributed by atoms with E-state index in [-0.39, 0.29) is 5.91 Å². The molecule has 1 heterocycles. The van der Waals surface area contributed by atoms with Gasteiger partial charge >= 0.3 is 5.97 Å². The van der Waals surface area contributed by atoms with Gasteiger partial charge in [-0.15, -0.1) is 11.3 Å². The molecule has 0 bridgehead atoms. The normalized spacial score (nSPS) is 14.3. The van der Waals surface area contributed by atoms with E-state index in [1.807, 2.05) is 0 Å². The molecule has 0 aliphatic heterocycles. The Morgan fingerprint density at radius 2 is 1.92 bits per heavy atom. The van der Waals surface area contributed by atoms with Crippen LogP contribution in [-0.2, 0) is 4.74 Å². The number of hydrogen-bond donors (Lipinski definition) is 2. The average Bonchev–Trinajstić information content (AvgIpc) is 3.14. The van der Waals surface area contributed by atoms with E-state index in [0.29, 0.717) is 32.2 Å². The predicted molar refractivity (Wildman–Crippen MR) is 100 cm³/mol. The van der Waals surface area contributed by atoms with Crippen molar-refractivity contribution in [3.8, 4) is 0 Å². The van der Waals surface area contributed by atoms with Gasteiger partial charge in [-0.2, -0.15) is 0 Å². The fourth-order valence-electron chi connectivity index (χ4n) is 2.75. The highest BCUT2D eigenvalue weighted by Gasteiger charge is 2.27. The van der Waals surface area contributed by atoms with Crippen LogP contribution >= 0.6 is 23.6 Å². The zero-order valence-corrected chi connectivity index (χ0v) is 16.0. The van der Waals surface area contributed by atoms with Crippen molar-refractivity contribution in [1.29, 1.82) is 0 Å². The van der Waals surface area contributed by atoms with Crippen LogP contribution in [0.15, 0.2) is 0 Å². The molecular weight excluding hydrogens is 346 g/mol. The highest BCUT2D eigenvalue weighted by molar-refractivity contribution is 7.80. The Labute approximate surface area is 151 Å². The highest BCUT2D eigenvalue weighted by Crippen LogP contribution is 2.34. The van der Waals surface area contributed by atoms with Gasteiger partial charge in [-0.3, -0.25) is 4.79 Å². The number of ether oxygens (including phenoxy) is 1. The van der Waals surface area contributed by atoms with Crippen LogP contribution in [0.2, 0.25) is 0 Å². The molecule has 132 valence electrons. The first-order valence-corrected chi connectivity index (χ1v) is 9.08. The van der Waals surface area contributed by atoms with Gasteiger partial charge < -0.3 is 20.3 Å². The van der Waals surface area contributed by atoms with Crippen LogP contribution in [0.25, 0.3) is 0 Å². The van der Waals surface area contributed by atoms with Crippen molar-refractivity contribution in [3.63, 3.8) is 0 Å². The Morgan fingerprint density at radius 3 is 2.46 bits per heavy atom. The first-order valence-electron chi connectivity index (χ1n) is 7.86. The standard InChI is InChI=1S/C16H23N3O3S2/c1-9-11(15(21)22-4)13(24-12(9)14(20)19(2)3)18-16(23)17-10-7-5-6-8-10/h10H,5-8H2,1-4H3,(H2,17,18,23). The van der Waals surface area contributed by atoms with E-state index in [2.05, 4.69) is 10.6 Å². The number of rotatable bonds is 4. The number of thiophene rings is 1. The lowest BCUT2D eigenvalue weighted by atomic mass is 10.1. The van der Waals surface area contributed by atoms with Crippen molar-refractivity contribution < 1.29 is 14.3 Å². The van der Waals surface area contributed by atoms with Crippen molar-refractivity contribution in [2.75, 3.05) is 26.5 Å². The molecule has 0 aromatic carbocycles. The lowest BCUT2D eigenvalue weighted by Crippen LogP contribution is -2.36. The molecule has 1 aromatic rings. The summed E-state index contributed by atoms with van der Waals surface area (Å²) in [7, 11) is 4.68. The summed E-state index contributed by atoms with van der Waals surface area (Å²) in [6.07, 6.45) is 4.60. The second kappa shape index (κ2) is 7.94. The van der Waals surface area contributed by atoms with Gasteiger partial charge in [0.1, 0.15) is 5.00 Å². The van der Waals surface area contributed by atoms with Crippen molar-refractivity contribution in [3.05, 3.63) is 16.0 Å². The Morgan fingerprint density at radius 1 is 1.29 bits per heavy atom. The molecule has 0 unspecified atom stereocenters. The van der Waals surface area contributed by atoms with Crippen molar-refractivity contribution in [2.45, 2.75) is 38.6 Å². The smallest absolute Gasteiger partial charge is 0.341 e. The molecular formula is C16H23N3O3S2. The predicted octanol–water partition coefficient (Wildman–Crippen LogP) is 2.77. The summed E-state index contributed by atoms with van der Waals surface area (Å²) in [5.74, 6) is -0.627. The number of carbonyl (C=O) groups excluding carboxylic acids is 2. The summed E-state index contributed by atoms with van der Waals surface area (Å²) in [6.45, 7) is 1.75. The van der Waals surface area contributed by atoms with E-state index in [1.165, 1.54) is 36.2 Å². The summed E-state index contributed by atoms with van der Waals surface area (Å²) < 4.78 is 4.87. The van der Waals surface area contributed by atoms with Gasteiger partial charge in [0, 0.05) is 20.1 Å². The topological polar surface area (TPSA) is 70.7 Å². The molecule has 1 saturated carbocycles. The number of anilines is 1.